The molecule has 29 heavy (non-hydrogen) atoms. The number of aromatic nitrogens is 2. The van der Waals surface area contributed by atoms with Gasteiger partial charge in [0.1, 0.15) is 5.82 Å². The van der Waals surface area contributed by atoms with E-state index in [2.05, 4.69) is 22.4 Å². The first-order valence-corrected chi connectivity index (χ1v) is 11.5. The van der Waals surface area contributed by atoms with E-state index in [4.69, 9.17) is 14.7 Å². The molecule has 0 amide bonds. The van der Waals surface area contributed by atoms with Crippen LogP contribution in [0.3, 0.4) is 0 Å². The smallest absolute Gasteiger partial charge is 0.162 e. The highest BCUT2D eigenvalue weighted by Crippen LogP contribution is 2.33. The van der Waals surface area contributed by atoms with E-state index in [1.165, 1.54) is 0 Å². The summed E-state index contributed by atoms with van der Waals surface area (Å²) in [5.74, 6) is 1.66. The number of anilines is 1. The average molecular weight is 424 g/mol. The summed E-state index contributed by atoms with van der Waals surface area (Å²) in [7, 11) is 0. The number of rotatable bonds is 5. The van der Waals surface area contributed by atoms with Gasteiger partial charge in [-0.3, -0.25) is 0 Å². The quantitative estimate of drug-likeness (QED) is 0.502. The summed E-state index contributed by atoms with van der Waals surface area (Å²) < 4.78 is 5.78. The number of benzene rings is 1. The molecule has 3 aromatic heterocycles. The first-order chi connectivity index (χ1) is 14.3. The largest absolute Gasteiger partial charge is 0.387 e. The van der Waals surface area contributed by atoms with Gasteiger partial charge in [0.2, 0.25) is 0 Å². The van der Waals surface area contributed by atoms with Crippen LogP contribution in [0.4, 0.5) is 5.82 Å². The van der Waals surface area contributed by atoms with Crippen LogP contribution in [-0.2, 0) is 4.74 Å². The summed E-state index contributed by atoms with van der Waals surface area (Å²) in [6.45, 7) is 1.97. The Labute approximate surface area is 177 Å². The van der Waals surface area contributed by atoms with Crippen molar-refractivity contribution in [1.29, 1.82) is 0 Å². The molecule has 0 radical (unpaired) electrons. The number of fused-ring (bicyclic) bond motifs is 1. The molecule has 1 aromatic carbocycles. The standard InChI is InChI=1S/C22H21N3O2S2/c26-19(20-6-3-10-29-20)12-16-13-27-9-8-25(16)22-17-4-1-2-5-18(17)23-21(24-22)15-7-11-28-14-15/h1-7,10-11,14,16,19,26H,8-9,12-13H2. The van der Waals surface area contributed by atoms with Crippen LogP contribution in [0.15, 0.2) is 58.6 Å². The molecule has 4 aromatic rings. The predicted octanol–water partition coefficient (Wildman–Crippen LogP) is 4.75. The molecule has 1 N–H and O–H groups in total. The summed E-state index contributed by atoms with van der Waals surface area (Å²) in [4.78, 5) is 13.0. The van der Waals surface area contributed by atoms with E-state index >= 15 is 0 Å². The maximum absolute atomic E-state index is 10.7. The molecule has 7 heteroatoms. The van der Waals surface area contributed by atoms with E-state index in [9.17, 15) is 5.11 Å². The van der Waals surface area contributed by atoms with Crippen LogP contribution in [-0.4, -0.2) is 40.9 Å². The van der Waals surface area contributed by atoms with Crippen molar-refractivity contribution in [1.82, 2.24) is 9.97 Å². The number of para-hydroxylation sites is 1. The van der Waals surface area contributed by atoms with Crippen LogP contribution in [0.25, 0.3) is 22.3 Å². The Morgan fingerprint density at radius 1 is 1.14 bits per heavy atom. The van der Waals surface area contributed by atoms with Gasteiger partial charge in [-0.1, -0.05) is 18.2 Å². The van der Waals surface area contributed by atoms with Crippen LogP contribution in [0.2, 0.25) is 0 Å². The maximum Gasteiger partial charge on any atom is 0.162 e. The van der Waals surface area contributed by atoms with E-state index < -0.39 is 6.10 Å². The molecule has 148 valence electrons. The van der Waals surface area contributed by atoms with Crippen molar-refractivity contribution >= 4 is 39.4 Å². The van der Waals surface area contributed by atoms with E-state index in [0.717, 1.165) is 39.5 Å². The lowest BCUT2D eigenvalue weighted by atomic mass is 10.0. The van der Waals surface area contributed by atoms with Crippen molar-refractivity contribution in [3.8, 4) is 11.4 Å². The Kier molecular flexibility index (Phi) is 5.28. The Hall–Kier alpha value is -2.32. The highest BCUT2D eigenvalue weighted by molar-refractivity contribution is 7.10. The molecular formula is C22H21N3O2S2. The maximum atomic E-state index is 10.7. The van der Waals surface area contributed by atoms with Crippen molar-refractivity contribution in [2.75, 3.05) is 24.7 Å². The number of aliphatic hydroxyl groups is 1. The fraction of sp³-hybridized carbons (Fsp3) is 0.273. The molecular weight excluding hydrogens is 402 g/mol. The van der Waals surface area contributed by atoms with Gasteiger partial charge in [-0.2, -0.15) is 11.3 Å². The summed E-state index contributed by atoms with van der Waals surface area (Å²) in [6, 6.07) is 14.2. The summed E-state index contributed by atoms with van der Waals surface area (Å²) >= 11 is 3.23. The number of morpholine rings is 1. The number of hydrogen-bond acceptors (Lipinski definition) is 7. The van der Waals surface area contributed by atoms with Crippen molar-refractivity contribution < 1.29 is 9.84 Å². The van der Waals surface area contributed by atoms with E-state index in [0.29, 0.717) is 19.6 Å². The first kappa shape index (κ1) is 18.7. The van der Waals surface area contributed by atoms with Crippen LogP contribution in [0, 0.1) is 0 Å². The third-order valence-corrected chi connectivity index (χ3v) is 6.89. The van der Waals surface area contributed by atoms with Gasteiger partial charge in [-0.15, -0.1) is 11.3 Å². The highest BCUT2D eigenvalue weighted by atomic mass is 32.1. The number of ether oxygens (including phenoxy) is 1. The van der Waals surface area contributed by atoms with Crippen molar-refractivity contribution in [3.05, 3.63) is 63.5 Å². The zero-order valence-electron chi connectivity index (χ0n) is 15.8. The lowest BCUT2D eigenvalue weighted by molar-refractivity contribution is 0.0686. The van der Waals surface area contributed by atoms with Gasteiger partial charge in [-0.05, 0) is 35.0 Å². The monoisotopic (exact) mass is 423 g/mol. The van der Waals surface area contributed by atoms with Crippen LogP contribution < -0.4 is 4.90 Å². The van der Waals surface area contributed by atoms with Crippen LogP contribution >= 0.6 is 22.7 Å². The molecule has 2 unspecified atom stereocenters. The van der Waals surface area contributed by atoms with Gasteiger partial charge in [0, 0.05) is 34.2 Å². The second-order valence-electron chi connectivity index (χ2n) is 7.09. The second kappa shape index (κ2) is 8.20. The zero-order valence-corrected chi connectivity index (χ0v) is 17.4. The molecule has 0 spiro atoms. The molecule has 5 nitrogen and oxygen atoms in total. The first-order valence-electron chi connectivity index (χ1n) is 9.65. The normalized spacial score (nSPS) is 18.2. The van der Waals surface area contributed by atoms with Crippen LogP contribution in [0.1, 0.15) is 17.4 Å². The molecule has 0 aliphatic carbocycles. The lowest BCUT2D eigenvalue weighted by Gasteiger charge is -2.38. The average Bonchev–Trinajstić information content (AvgIpc) is 3.48. The molecule has 5 rings (SSSR count). The Morgan fingerprint density at radius 2 is 2.07 bits per heavy atom. The Balaban J connectivity index is 1.55. The minimum absolute atomic E-state index is 0.0504. The Bertz CT molecular complexity index is 1080. The summed E-state index contributed by atoms with van der Waals surface area (Å²) in [5, 5.41) is 17.9. The van der Waals surface area contributed by atoms with E-state index in [1.807, 2.05) is 41.1 Å². The van der Waals surface area contributed by atoms with Gasteiger partial charge in [0.15, 0.2) is 5.82 Å². The van der Waals surface area contributed by atoms with E-state index in [-0.39, 0.29) is 6.04 Å². The van der Waals surface area contributed by atoms with Gasteiger partial charge < -0.3 is 14.7 Å². The number of aliphatic hydroxyl groups excluding tert-OH is 1. The SMILES string of the molecule is OC(CC1COCCN1c1nc(-c2ccsc2)nc2ccccc12)c1cccs1. The number of thiophene rings is 2. The minimum atomic E-state index is -0.506. The number of nitrogens with zero attached hydrogens (tertiary/aromatic N) is 3. The second-order valence-corrected chi connectivity index (χ2v) is 8.85. The third kappa shape index (κ3) is 3.79. The van der Waals surface area contributed by atoms with Gasteiger partial charge in [0.25, 0.3) is 0 Å². The molecule has 1 aliphatic rings. The molecule has 2 atom stereocenters. The van der Waals surface area contributed by atoms with Gasteiger partial charge in [-0.25, -0.2) is 9.97 Å². The summed E-state index contributed by atoms with van der Waals surface area (Å²) in [6.07, 6.45) is 0.0979. The van der Waals surface area contributed by atoms with Gasteiger partial charge in [0.05, 0.1) is 30.9 Å². The van der Waals surface area contributed by atoms with Gasteiger partial charge >= 0.3 is 0 Å². The highest BCUT2D eigenvalue weighted by Gasteiger charge is 2.29. The lowest BCUT2D eigenvalue weighted by Crippen LogP contribution is -2.46. The molecule has 1 aliphatic heterocycles. The molecule has 4 heterocycles. The molecule has 1 saturated heterocycles. The zero-order chi connectivity index (χ0) is 19.6. The fourth-order valence-corrected chi connectivity index (χ4v) is 5.14. The molecule has 1 fully saturated rings. The number of hydrogen-bond donors (Lipinski definition) is 1. The van der Waals surface area contributed by atoms with Crippen molar-refractivity contribution in [2.45, 2.75) is 18.6 Å². The Morgan fingerprint density at radius 3 is 2.90 bits per heavy atom. The predicted molar refractivity (Wildman–Crippen MR) is 119 cm³/mol. The van der Waals surface area contributed by atoms with Crippen LogP contribution in [0.5, 0.6) is 0 Å². The topological polar surface area (TPSA) is 58.5 Å². The third-order valence-electron chi connectivity index (χ3n) is 5.23. The molecule has 0 saturated carbocycles. The summed E-state index contributed by atoms with van der Waals surface area (Å²) in [5.41, 5.74) is 1.97. The minimum Gasteiger partial charge on any atom is -0.387 e. The van der Waals surface area contributed by atoms with Crippen molar-refractivity contribution in [3.63, 3.8) is 0 Å². The van der Waals surface area contributed by atoms with Crippen molar-refractivity contribution in [2.24, 2.45) is 0 Å². The molecule has 0 bridgehead atoms. The fourth-order valence-electron chi connectivity index (χ4n) is 3.78. The van der Waals surface area contributed by atoms with E-state index in [1.54, 1.807) is 22.7 Å².